The van der Waals surface area contributed by atoms with Gasteiger partial charge in [-0.05, 0) is 37.1 Å². The second-order valence-corrected chi connectivity index (χ2v) is 6.90. The van der Waals surface area contributed by atoms with E-state index in [1.807, 2.05) is 0 Å². The third-order valence-corrected chi connectivity index (χ3v) is 5.49. The topological polar surface area (TPSA) is 19.4 Å². The van der Waals surface area contributed by atoms with Crippen LogP contribution in [-0.2, 0) is 0 Å². The number of likely N-dealkylation sites (tertiary alicyclic amines) is 1. The van der Waals surface area contributed by atoms with Gasteiger partial charge in [0.1, 0.15) is 0 Å². The van der Waals surface area contributed by atoms with Crippen LogP contribution in [0.3, 0.4) is 0 Å². The van der Waals surface area contributed by atoms with Crippen molar-refractivity contribution in [3.8, 4) is 0 Å². The van der Waals surface area contributed by atoms with Gasteiger partial charge in [-0.2, -0.15) is 0 Å². The molecule has 0 spiro atoms. The van der Waals surface area contributed by atoms with Crippen LogP contribution < -0.4 is 4.90 Å². The molecular weight excluding hydrogens is 360 g/mol. The van der Waals surface area contributed by atoms with E-state index >= 15 is 0 Å². The highest BCUT2D eigenvalue weighted by atomic mass is 35.5. The Morgan fingerprint density at radius 2 is 1.84 bits per heavy atom. The zero-order valence-corrected chi connectivity index (χ0v) is 16.1. The highest BCUT2D eigenvalue weighted by Crippen LogP contribution is 2.45. The first-order valence-corrected chi connectivity index (χ1v) is 8.25. The van der Waals surface area contributed by atoms with Gasteiger partial charge in [-0.3, -0.25) is 9.88 Å². The fourth-order valence-corrected chi connectivity index (χ4v) is 4.47. The number of nitrogens with zero attached hydrogens (tertiary/aromatic N) is 3. The quantitative estimate of drug-likeness (QED) is 0.777. The van der Waals surface area contributed by atoms with Crippen molar-refractivity contribution in [1.29, 1.82) is 0 Å². The summed E-state index contributed by atoms with van der Waals surface area (Å²) in [5.41, 5.74) is 3.46. The van der Waals surface area contributed by atoms with E-state index in [0.717, 1.165) is 19.6 Å². The van der Waals surface area contributed by atoms with Crippen LogP contribution in [-0.4, -0.2) is 36.6 Å². The van der Waals surface area contributed by atoms with Crippen LogP contribution in [0.25, 0.3) is 0 Å². The van der Waals surface area contributed by atoms with Crippen LogP contribution >= 0.6 is 24.8 Å². The number of benzene rings is 1. The molecule has 25 heavy (non-hydrogen) atoms. The number of anilines is 1. The summed E-state index contributed by atoms with van der Waals surface area (Å²) in [6, 6.07) is 10.9. The van der Waals surface area contributed by atoms with Gasteiger partial charge < -0.3 is 4.90 Å². The van der Waals surface area contributed by atoms with Crippen molar-refractivity contribution >= 4 is 30.5 Å². The maximum absolute atomic E-state index is 14.1. The maximum Gasteiger partial charge on any atom is 0.164 e. The monoisotopic (exact) mass is 383 g/mol. The summed E-state index contributed by atoms with van der Waals surface area (Å²) < 4.78 is 14.1. The third kappa shape index (κ3) is 3.48. The molecule has 0 aliphatic carbocycles. The average molecular weight is 384 g/mol. The minimum Gasteiger partial charge on any atom is -0.368 e. The second-order valence-electron chi connectivity index (χ2n) is 6.90. The fraction of sp³-hybridized carbons (Fsp3) is 0.421. The molecule has 1 aromatic heterocycles. The van der Waals surface area contributed by atoms with Crippen LogP contribution in [0.1, 0.15) is 17.2 Å². The van der Waals surface area contributed by atoms with Crippen molar-refractivity contribution in [2.24, 2.45) is 11.8 Å². The number of hydrogen-bond acceptors (Lipinski definition) is 3. The Morgan fingerprint density at radius 1 is 1.08 bits per heavy atom. The lowest BCUT2D eigenvalue weighted by Crippen LogP contribution is -2.29. The summed E-state index contributed by atoms with van der Waals surface area (Å²) in [6.45, 7) is 5.10. The molecule has 0 radical (unpaired) electrons. The van der Waals surface area contributed by atoms with E-state index in [9.17, 15) is 4.39 Å². The molecule has 4 rings (SSSR count). The normalized spacial score (nSPS) is 25.2. The zero-order chi connectivity index (χ0) is 16.0. The molecule has 2 fully saturated rings. The fourth-order valence-electron chi connectivity index (χ4n) is 4.47. The van der Waals surface area contributed by atoms with E-state index in [4.69, 9.17) is 0 Å². The van der Waals surface area contributed by atoms with E-state index < -0.39 is 0 Å². The molecule has 2 saturated heterocycles. The van der Waals surface area contributed by atoms with Gasteiger partial charge in [-0.1, -0.05) is 24.3 Å². The molecule has 136 valence electrons. The molecule has 0 N–H and O–H groups in total. The lowest BCUT2D eigenvalue weighted by molar-refractivity contribution is 0.279. The Hall–Kier alpha value is -1.36. The summed E-state index contributed by atoms with van der Waals surface area (Å²) in [6.07, 6.45) is 2.99. The lowest BCUT2D eigenvalue weighted by Gasteiger charge is -2.28. The lowest BCUT2D eigenvalue weighted by atomic mass is 9.88. The van der Waals surface area contributed by atoms with Crippen molar-refractivity contribution in [3.63, 3.8) is 0 Å². The number of pyridine rings is 1. The molecule has 0 amide bonds. The van der Waals surface area contributed by atoms with Gasteiger partial charge in [0.2, 0.25) is 0 Å². The highest BCUT2D eigenvalue weighted by Gasteiger charge is 2.46. The number of aryl methyl sites for hydroxylation is 1. The first-order valence-electron chi connectivity index (χ1n) is 8.25. The summed E-state index contributed by atoms with van der Waals surface area (Å²) in [5, 5.41) is 0. The summed E-state index contributed by atoms with van der Waals surface area (Å²) in [4.78, 5) is 8.53. The zero-order valence-electron chi connectivity index (χ0n) is 14.4. The van der Waals surface area contributed by atoms with Crippen molar-refractivity contribution in [2.45, 2.75) is 13.0 Å². The van der Waals surface area contributed by atoms with Gasteiger partial charge in [-0.25, -0.2) is 4.39 Å². The van der Waals surface area contributed by atoms with E-state index in [1.165, 1.54) is 17.3 Å². The van der Waals surface area contributed by atoms with Crippen molar-refractivity contribution in [2.75, 3.05) is 31.6 Å². The predicted octanol–water partition coefficient (Wildman–Crippen LogP) is 4.11. The van der Waals surface area contributed by atoms with E-state index in [0.29, 0.717) is 23.6 Å². The first kappa shape index (κ1) is 20.0. The van der Waals surface area contributed by atoms with E-state index in [2.05, 4.69) is 53.0 Å². The molecule has 2 aromatic rings. The summed E-state index contributed by atoms with van der Waals surface area (Å²) >= 11 is 0. The smallest absolute Gasteiger partial charge is 0.164 e. The SMILES string of the molecule is Cc1ccccc1[C@@H]1[C@@H]2CN(c3ccncc3F)C[C@@H]2CN1C.Cl.Cl. The Kier molecular flexibility index (Phi) is 6.30. The van der Waals surface area contributed by atoms with Gasteiger partial charge in [0.05, 0.1) is 11.9 Å². The molecule has 6 heteroatoms. The Balaban J connectivity index is 0.00000113. The summed E-state index contributed by atoms with van der Waals surface area (Å²) in [5.74, 6) is 0.930. The van der Waals surface area contributed by atoms with Crippen LogP contribution in [0.15, 0.2) is 42.7 Å². The maximum atomic E-state index is 14.1. The number of fused-ring (bicyclic) bond motifs is 1. The van der Waals surface area contributed by atoms with Crippen LogP contribution in [0, 0.1) is 24.6 Å². The Bertz CT molecular complexity index is 727. The van der Waals surface area contributed by atoms with Crippen LogP contribution in [0.4, 0.5) is 10.1 Å². The largest absolute Gasteiger partial charge is 0.368 e. The highest BCUT2D eigenvalue weighted by molar-refractivity contribution is 5.85. The van der Waals surface area contributed by atoms with Crippen LogP contribution in [0.5, 0.6) is 0 Å². The minimum atomic E-state index is -0.215. The number of halogens is 3. The molecule has 3 nitrogen and oxygen atoms in total. The van der Waals surface area contributed by atoms with Gasteiger partial charge in [-0.15, -0.1) is 24.8 Å². The van der Waals surface area contributed by atoms with E-state index in [1.54, 1.807) is 12.3 Å². The minimum absolute atomic E-state index is 0. The molecule has 0 bridgehead atoms. The van der Waals surface area contributed by atoms with E-state index in [-0.39, 0.29) is 30.6 Å². The molecule has 2 aliphatic rings. The Labute approximate surface area is 161 Å². The molecule has 1 aromatic carbocycles. The number of hydrogen-bond donors (Lipinski definition) is 0. The Morgan fingerprint density at radius 3 is 2.56 bits per heavy atom. The van der Waals surface area contributed by atoms with Crippen molar-refractivity contribution < 1.29 is 4.39 Å². The van der Waals surface area contributed by atoms with Crippen molar-refractivity contribution in [3.05, 3.63) is 59.7 Å². The second kappa shape index (κ2) is 7.90. The molecular formula is C19H24Cl2FN3. The van der Waals surface area contributed by atoms with Gasteiger partial charge >= 0.3 is 0 Å². The third-order valence-electron chi connectivity index (χ3n) is 5.49. The van der Waals surface area contributed by atoms with Gasteiger partial charge in [0, 0.05) is 37.8 Å². The standard InChI is InChI=1S/C19H22FN3.2ClH/c1-13-5-3-4-6-15(13)19-16-12-23(11-14(16)10-22(19)2)18-7-8-21-9-17(18)20;;/h3-9,14,16,19H,10-12H2,1-2H3;2*1H/t14-,16+,19+;;/m0../s1. The molecule has 0 unspecified atom stereocenters. The summed E-state index contributed by atoms with van der Waals surface area (Å²) in [7, 11) is 2.22. The molecule has 0 saturated carbocycles. The first-order chi connectivity index (χ1) is 11.1. The predicted molar refractivity (Wildman–Crippen MR) is 104 cm³/mol. The number of aromatic nitrogens is 1. The molecule has 2 aliphatic heterocycles. The van der Waals surface area contributed by atoms with Gasteiger partial charge in [0.25, 0.3) is 0 Å². The van der Waals surface area contributed by atoms with Crippen LogP contribution in [0.2, 0.25) is 0 Å². The van der Waals surface area contributed by atoms with Crippen molar-refractivity contribution in [1.82, 2.24) is 9.88 Å². The molecule has 3 heterocycles. The van der Waals surface area contributed by atoms with Gasteiger partial charge in [0.15, 0.2) is 5.82 Å². The number of rotatable bonds is 2. The molecule has 3 atom stereocenters. The average Bonchev–Trinajstić information content (AvgIpc) is 3.05.